The van der Waals surface area contributed by atoms with E-state index < -0.39 is 0 Å². The molecule has 8 heteroatoms. The fourth-order valence-corrected chi connectivity index (χ4v) is 3.83. The smallest absolute Gasteiger partial charge is 0.261 e. The Morgan fingerprint density at radius 1 is 1.31 bits per heavy atom. The van der Waals surface area contributed by atoms with Gasteiger partial charge in [-0.15, -0.1) is 0 Å². The summed E-state index contributed by atoms with van der Waals surface area (Å²) in [6, 6.07) is 4.37. The molecule has 4 heterocycles. The molecule has 3 aromatic heterocycles. The second kappa shape index (κ2) is 7.04. The van der Waals surface area contributed by atoms with Crippen molar-refractivity contribution in [3.8, 4) is 11.5 Å². The zero-order chi connectivity index (χ0) is 19.8. The number of aliphatic imine (C=N–C) groups is 1. The van der Waals surface area contributed by atoms with Crippen molar-refractivity contribution in [2.45, 2.75) is 37.6 Å². The zero-order valence-electron chi connectivity index (χ0n) is 16.3. The lowest BCUT2D eigenvalue weighted by atomic mass is 9.64. The van der Waals surface area contributed by atoms with Gasteiger partial charge < -0.3 is 9.26 Å². The van der Waals surface area contributed by atoms with Crippen molar-refractivity contribution in [1.82, 2.24) is 24.9 Å². The maximum Gasteiger partial charge on any atom is 0.261 e. The van der Waals surface area contributed by atoms with Crippen LogP contribution in [-0.2, 0) is 10.2 Å². The van der Waals surface area contributed by atoms with Gasteiger partial charge in [-0.2, -0.15) is 10.1 Å². The second-order valence-corrected chi connectivity index (χ2v) is 7.59. The summed E-state index contributed by atoms with van der Waals surface area (Å²) in [5, 5.41) is 8.73. The highest BCUT2D eigenvalue weighted by Crippen LogP contribution is 2.48. The van der Waals surface area contributed by atoms with E-state index in [2.05, 4.69) is 32.9 Å². The fourth-order valence-electron chi connectivity index (χ4n) is 3.83. The first-order valence-corrected chi connectivity index (χ1v) is 9.78. The molecule has 0 aromatic carbocycles. The van der Waals surface area contributed by atoms with Crippen LogP contribution in [0.4, 0.5) is 0 Å². The molecule has 1 aliphatic heterocycles. The molecule has 0 unspecified atom stereocenters. The summed E-state index contributed by atoms with van der Waals surface area (Å²) in [6.45, 7) is 6.95. The molecule has 2 fully saturated rings. The Morgan fingerprint density at radius 3 is 2.79 bits per heavy atom. The third-order valence-electron chi connectivity index (χ3n) is 5.88. The van der Waals surface area contributed by atoms with Gasteiger partial charge in [0.2, 0.25) is 0 Å². The molecule has 0 spiro atoms. The van der Waals surface area contributed by atoms with E-state index in [1.54, 1.807) is 6.20 Å². The van der Waals surface area contributed by atoms with Crippen LogP contribution in [0.15, 0.2) is 53.0 Å². The van der Waals surface area contributed by atoms with E-state index in [0.717, 1.165) is 41.8 Å². The van der Waals surface area contributed by atoms with Crippen molar-refractivity contribution in [2.75, 3.05) is 13.2 Å². The Hall–Kier alpha value is -3.13. The van der Waals surface area contributed by atoms with Gasteiger partial charge in [0.05, 0.1) is 47.8 Å². The number of aromatic nitrogens is 5. The number of hydrogen-bond donors (Lipinski definition) is 0. The third-order valence-corrected chi connectivity index (χ3v) is 5.88. The van der Waals surface area contributed by atoms with Gasteiger partial charge in [-0.3, -0.25) is 14.7 Å². The highest BCUT2D eigenvalue weighted by Gasteiger charge is 2.45. The summed E-state index contributed by atoms with van der Waals surface area (Å²) < 4.78 is 12.7. The Bertz CT molecular complexity index is 1060. The SMILES string of the molecule is C=CN=C(C)c1ccc(C2(c3noc(-c4cnn(C5COC5)c4)n3)CCC2)cn1. The predicted molar refractivity (Wildman–Crippen MR) is 107 cm³/mol. The molecule has 2 aliphatic rings. The molecular weight excluding hydrogens is 368 g/mol. The van der Waals surface area contributed by atoms with Crippen LogP contribution in [0.2, 0.25) is 0 Å². The lowest BCUT2D eigenvalue weighted by Crippen LogP contribution is -2.36. The topological polar surface area (TPSA) is 91.2 Å². The molecule has 5 rings (SSSR count). The maximum absolute atomic E-state index is 5.60. The Morgan fingerprint density at radius 2 is 2.17 bits per heavy atom. The minimum atomic E-state index is -0.241. The summed E-state index contributed by atoms with van der Waals surface area (Å²) in [5.41, 5.74) is 3.37. The summed E-state index contributed by atoms with van der Waals surface area (Å²) in [7, 11) is 0. The molecule has 148 valence electrons. The molecule has 0 atom stereocenters. The average molecular weight is 390 g/mol. The highest BCUT2D eigenvalue weighted by molar-refractivity contribution is 5.97. The van der Waals surface area contributed by atoms with Gasteiger partial charge >= 0.3 is 0 Å². The fraction of sp³-hybridized carbons (Fsp3) is 0.381. The number of pyridine rings is 1. The van der Waals surface area contributed by atoms with Crippen LogP contribution in [0.1, 0.15) is 49.3 Å². The monoisotopic (exact) mass is 390 g/mol. The minimum absolute atomic E-state index is 0.241. The van der Waals surface area contributed by atoms with E-state index in [9.17, 15) is 0 Å². The van der Waals surface area contributed by atoms with Crippen molar-refractivity contribution >= 4 is 5.71 Å². The summed E-state index contributed by atoms with van der Waals surface area (Å²) >= 11 is 0. The van der Waals surface area contributed by atoms with Gasteiger partial charge in [0.15, 0.2) is 5.82 Å². The van der Waals surface area contributed by atoms with E-state index >= 15 is 0 Å². The quantitative estimate of drug-likeness (QED) is 0.600. The molecule has 0 bridgehead atoms. The number of ether oxygens (including phenoxy) is 1. The van der Waals surface area contributed by atoms with Crippen molar-refractivity contribution < 1.29 is 9.26 Å². The van der Waals surface area contributed by atoms with Gasteiger partial charge in [-0.05, 0) is 31.4 Å². The number of hydrogen-bond acceptors (Lipinski definition) is 7. The van der Waals surface area contributed by atoms with Crippen LogP contribution in [-0.4, -0.2) is 43.8 Å². The van der Waals surface area contributed by atoms with E-state index in [1.165, 1.54) is 6.20 Å². The molecule has 8 nitrogen and oxygen atoms in total. The lowest BCUT2D eigenvalue weighted by molar-refractivity contribution is -0.0286. The van der Waals surface area contributed by atoms with Crippen LogP contribution in [0.3, 0.4) is 0 Å². The molecule has 3 aromatic rings. The highest BCUT2D eigenvalue weighted by atomic mass is 16.5. The van der Waals surface area contributed by atoms with Gasteiger partial charge in [0, 0.05) is 18.6 Å². The normalized spacial score (nSPS) is 18.9. The molecule has 0 N–H and O–H groups in total. The molecule has 29 heavy (non-hydrogen) atoms. The Labute approximate surface area is 168 Å². The van der Waals surface area contributed by atoms with Crippen molar-refractivity contribution in [1.29, 1.82) is 0 Å². The van der Waals surface area contributed by atoms with Gasteiger partial charge in [-0.1, -0.05) is 24.2 Å². The Balaban J connectivity index is 1.42. The molecule has 1 saturated heterocycles. The van der Waals surface area contributed by atoms with Crippen molar-refractivity contribution in [3.63, 3.8) is 0 Å². The van der Waals surface area contributed by atoms with E-state index in [1.807, 2.05) is 30.1 Å². The lowest BCUT2D eigenvalue weighted by Gasteiger charge is -2.39. The summed E-state index contributed by atoms with van der Waals surface area (Å²) in [6.07, 6.45) is 10.2. The first kappa shape index (κ1) is 17.9. The molecule has 1 aliphatic carbocycles. The number of nitrogens with zero attached hydrogens (tertiary/aromatic N) is 6. The molecule has 0 radical (unpaired) electrons. The largest absolute Gasteiger partial charge is 0.377 e. The van der Waals surface area contributed by atoms with Crippen LogP contribution < -0.4 is 0 Å². The molecule has 1 saturated carbocycles. The van der Waals surface area contributed by atoms with E-state index in [-0.39, 0.29) is 5.41 Å². The minimum Gasteiger partial charge on any atom is -0.377 e. The van der Waals surface area contributed by atoms with Crippen molar-refractivity contribution in [3.05, 3.63) is 60.6 Å². The summed E-state index contributed by atoms with van der Waals surface area (Å²) in [4.78, 5) is 13.5. The second-order valence-electron chi connectivity index (χ2n) is 7.59. The average Bonchev–Trinajstić information content (AvgIpc) is 3.30. The van der Waals surface area contributed by atoms with E-state index in [4.69, 9.17) is 14.2 Å². The first-order chi connectivity index (χ1) is 14.2. The molecule has 0 amide bonds. The van der Waals surface area contributed by atoms with Gasteiger partial charge in [0.1, 0.15) is 0 Å². The molecular formula is C21H22N6O2. The predicted octanol–water partition coefficient (Wildman–Crippen LogP) is 3.32. The van der Waals surface area contributed by atoms with Crippen LogP contribution in [0.25, 0.3) is 11.5 Å². The van der Waals surface area contributed by atoms with Crippen LogP contribution >= 0.6 is 0 Å². The van der Waals surface area contributed by atoms with Gasteiger partial charge in [-0.25, -0.2) is 0 Å². The van der Waals surface area contributed by atoms with E-state index in [0.29, 0.717) is 31.0 Å². The maximum atomic E-state index is 5.60. The third kappa shape index (κ3) is 3.00. The number of rotatable bonds is 6. The van der Waals surface area contributed by atoms with Crippen LogP contribution in [0, 0.1) is 0 Å². The standard InChI is InChI=1S/C21H22N6O2/c1-3-22-14(2)18-6-5-16(10-23-18)21(7-4-8-21)20-25-19(29-26-20)15-9-24-27(11-15)17-12-28-13-17/h3,5-6,9-11,17H,1,4,7-8,12-13H2,2H3. The summed E-state index contributed by atoms with van der Waals surface area (Å²) in [5.74, 6) is 1.21. The Kier molecular flexibility index (Phi) is 4.35. The zero-order valence-corrected chi connectivity index (χ0v) is 16.3. The van der Waals surface area contributed by atoms with Gasteiger partial charge in [0.25, 0.3) is 5.89 Å². The van der Waals surface area contributed by atoms with Crippen LogP contribution in [0.5, 0.6) is 0 Å². The first-order valence-electron chi connectivity index (χ1n) is 9.78. The van der Waals surface area contributed by atoms with Crippen molar-refractivity contribution in [2.24, 2.45) is 4.99 Å².